The molecular weight excluding hydrogens is 290 g/mol. The van der Waals surface area contributed by atoms with Crippen LogP contribution in [0.25, 0.3) is 11.1 Å². The van der Waals surface area contributed by atoms with E-state index in [1.54, 1.807) is 18.2 Å². The van der Waals surface area contributed by atoms with Gasteiger partial charge in [-0.1, -0.05) is 11.6 Å². The Balaban J connectivity index is 2.67. The van der Waals surface area contributed by atoms with Crippen LogP contribution in [0.5, 0.6) is 5.75 Å². The van der Waals surface area contributed by atoms with Crippen LogP contribution >= 0.6 is 11.6 Å². The Morgan fingerprint density at radius 3 is 2.71 bits per heavy atom. The summed E-state index contributed by atoms with van der Waals surface area (Å²) in [6.45, 7) is 4.28. The summed E-state index contributed by atoms with van der Waals surface area (Å²) in [7, 11) is 1.34. The highest BCUT2D eigenvalue weighted by molar-refractivity contribution is 6.31. The van der Waals surface area contributed by atoms with Crippen LogP contribution in [-0.4, -0.2) is 24.7 Å². The topological polar surface area (TPSA) is 48.4 Å². The van der Waals surface area contributed by atoms with Crippen molar-refractivity contribution in [3.05, 3.63) is 46.7 Å². The van der Waals surface area contributed by atoms with Crippen molar-refractivity contribution in [2.45, 2.75) is 13.8 Å². The molecule has 0 radical (unpaired) electrons. The van der Waals surface area contributed by atoms with Crippen LogP contribution in [0.3, 0.4) is 0 Å². The number of nitrogens with zero attached hydrogens (tertiary/aromatic N) is 1. The molecule has 1 aromatic heterocycles. The number of halogens is 1. The van der Waals surface area contributed by atoms with Crippen molar-refractivity contribution in [3.8, 4) is 16.9 Å². The Bertz CT molecular complexity index is 671. The normalized spacial score (nSPS) is 10.3. The third-order valence-electron chi connectivity index (χ3n) is 2.98. The van der Waals surface area contributed by atoms with Crippen molar-refractivity contribution in [1.82, 2.24) is 4.98 Å². The standard InChI is InChI=1S/C16H16ClNO3/c1-4-21-15-6-5-11(17)8-13(15)12-7-10(2)18-9-14(12)16(19)20-3/h5-9H,4H2,1-3H3. The number of esters is 1. The van der Waals surface area contributed by atoms with Crippen LogP contribution in [0.15, 0.2) is 30.5 Å². The monoisotopic (exact) mass is 305 g/mol. The summed E-state index contributed by atoms with van der Waals surface area (Å²) in [4.78, 5) is 16.1. The fourth-order valence-corrected chi connectivity index (χ4v) is 2.22. The van der Waals surface area contributed by atoms with Gasteiger partial charge in [-0.15, -0.1) is 0 Å². The van der Waals surface area contributed by atoms with Crippen LogP contribution in [0.4, 0.5) is 0 Å². The molecule has 2 aromatic rings. The van der Waals surface area contributed by atoms with Gasteiger partial charge in [0.1, 0.15) is 5.75 Å². The first kappa shape index (κ1) is 15.3. The Hall–Kier alpha value is -2.07. The first-order valence-electron chi connectivity index (χ1n) is 6.54. The number of aryl methyl sites for hydroxylation is 1. The first-order chi connectivity index (χ1) is 10.1. The molecule has 0 amide bonds. The quantitative estimate of drug-likeness (QED) is 0.804. The number of hydrogen-bond donors (Lipinski definition) is 0. The van der Waals surface area contributed by atoms with Crippen molar-refractivity contribution in [2.24, 2.45) is 0 Å². The highest BCUT2D eigenvalue weighted by Gasteiger charge is 2.17. The second kappa shape index (κ2) is 6.59. The zero-order valence-corrected chi connectivity index (χ0v) is 12.9. The third kappa shape index (κ3) is 3.34. The molecule has 2 rings (SSSR count). The highest BCUT2D eigenvalue weighted by atomic mass is 35.5. The van der Waals surface area contributed by atoms with Crippen LogP contribution in [-0.2, 0) is 4.74 Å². The number of ether oxygens (including phenoxy) is 2. The van der Waals surface area contributed by atoms with Gasteiger partial charge in [0, 0.05) is 28.0 Å². The highest BCUT2D eigenvalue weighted by Crippen LogP contribution is 2.35. The lowest BCUT2D eigenvalue weighted by atomic mass is 9.99. The summed E-state index contributed by atoms with van der Waals surface area (Å²) in [6.07, 6.45) is 1.51. The Kier molecular flexibility index (Phi) is 4.81. The molecule has 0 saturated carbocycles. The average molecular weight is 306 g/mol. The summed E-state index contributed by atoms with van der Waals surface area (Å²) in [5.74, 6) is 0.220. The molecule has 0 N–H and O–H groups in total. The van der Waals surface area contributed by atoms with Gasteiger partial charge in [-0.3, -0.25) is 4.98 Å². The molecule has 0 saturated heterocycles. The van der Waals surface area contributed by atoms with Gasteiger partial charge in [0.25, 0.3) is 0 Å². The summed E-state index contributed by atoms with van der Waals surface area (Å²) in [6, 6.07) is 7.13. The fourth-order valence-electron chi connectivity index (χ4n) is 2.05. The molecule has 1 heterocycles. The number of benzene rings is 1. The SMILES string of the molecule is CCOc1ccc(Cl)cc1-c1cc(C)ncc1C(=O)OC. The Morgan fingerprint density at radius 2 is 2.05 bits per heavy atom. The number of rotatable bonds is 4. The summed E-state index contributed by atoms with van der Waals surface area (Å²) in [5.41, 5.74) is 2.61. The second-order valence-corrected chi connectivity index (χ2v) is 4.87. The molecule has 0 spiro atoms. The number of methoxy groups -OCH3 is 1. The van der Waals surface area contributed by atoms with Gasteiger partial charge in [-0.05, 0) is 38.1 Å². The lowest BCUT2D eigenvalue weighted by molar-refractivity contribution is 0.0601. The van der Waals surface area contributed by atoms with Crippen molar-refractivity contribution in [3.63, 3.8) is 0 Å². The third-order valence-corrected chi connectivity index (χ3v) is 3.21. The van der Waals surface area contributed by atoms with Gasteiger partial charge >= 0.3 is 5.97 Å². The maximum atomic E-state index is 11.9. The lowest BCUT2D eigenvalue weighted by Gasteiger charge is -2.14. The molecule has 5 heteroatoms. The zero-order chi connectivity index (χ0) is 15.4. The minimum atomic E-state index is -0.445. The second-order valence-electron chi connectivity index (χ2n) is 4.44. The smallest absolute Gasteiger partial charge is 0.340 e. The van der Waals surface area contributed by atoms with Crippen molar-refractivity contribution < 1.29 is 14.3 Å². The summed E-state index contributed by atoms with van der Waals surface area (Å²) >= 11 is 6.09. The molecular formula is C16H16ClNO3. The molecule has 1 aromatic carbocycles. The largest absolute Gasteiger partial charge is 0.493 e. The van der Waals surface area contributed by atoms with Crippen molar-refractivity contribution in [2.75, 3.05) is 13.7 Å². The van der Waals surface area contributed by atoms with E-state index in [1.807, 2.05) is 19.9 Å². The van der Waals surface area contributed by atoms with Crippen molar-refractivity contribution in [1.29, 1.82) is 0 Å². The molecule has 0 unspecified atom stereocenters. The minimum Gasteiger partial charge on any atom is -0.493 e. The van der Waals surface area contributed by atoms with E-state index in [0.717, 1.165) is 11.3 Å². The van der Waals surface area contributed by atoms with Crippen LogP contribution < -0.4 is 4.74 Å². The first-order valence-corrected chi connectivity index (χ1v) is 6.92. The van der Waals surface area contributed by atoms with Gasteiger partial charge in [0.15, 0.2) is 0 Å². The van der Waals surface area contributed by atoms with Crippen LogP contribution in [0.2, 0.25) is 5.02 Å². The van der Waals surface area contributed by atoms with Crippen LogP contribution in [0.1, 0.15) is 23.0 Å². The minimum absolute atomic E-state index is 0.381. The predicted octanol–water partition coefficient (Wildman–Crippen LogP) is 3.90. The number of carbonyl (C=O) groups excluding carboxylic acids is 1. The lowest BCUT2D eigenvalue weighted by Crippen LogP contribution is -2.06. The maximum Gasteiger partial charge on any atom is 0.340 e. The van der Waals surface area contributed by atoms with E-state index in [4.69, 9.17) is 21.1 Å². The van der Waals surface area contributed by atoms with Gasteiger partial charge < -0.3 is 9.47 Å². The van der Waals surface area contributed by atoms with Gasteiger partial charge in [-0.2, -0.15) is 0 Å². The van der Waals surface area contributed by atoms with Crippen molar-refractivity contribution >= 4 is 17.6 Å². The zero-order valence-electron chi connectivity index (χ0n) is 12.1. The van der Waals surface area contributed by atoms with E-state index in [9.17, 15) is 4.79 Å². The number of carbonyl (C=O) groups is 1. The molecule has 4 nitrogen and oxygen atoms in total. The summed E-state index contributed by atoms with van der Waals surface area (Å²) in [5, 5.41) is 0.568. The van der Waals surface area contributed by atoms with Gasteiger partial charge in [0.05, 0.1) is 19.3 Å². The number of aromatic nitrogens is 1. The molecule has 0 aliphatic rings. The Morgan fingerprint density at radius 1 is 1.29 bits per heavy atom. The van der Waals surface area contributed by atoms with Crippen LogP contribution in [0, 0.1) is 6.92 Å². The Labute approximate surface area is 128 Å². The molecule has 0 aliphatic carbocycles. The van der Waals surface area contributed by atoms with E-state index in [-0.39, 0.29) is 0 Å². The molecule has 21 heavy (non-hydrogen) atoms. The maximum absolute atomic E-state index is 11.9. The molecule has 110 valence electrons. The number of pyridine rings is 1. The molecule has 0 aliphatic heterocycles. The molecule has 0 fully saturated rings. The van der Waals surface area contributed by atoms with Gasteiger partial charge in [-0.25, -0.2) is 4.79 Å². The predicted molar refractivity (Wildman–Crippen MR) is 81.9 cm³/mol. The van der Waals surface area contributed by atoms with E-state index in [0.29, 0.717) is 28.5 Å². The fraction of sp³-hybridized carbons (Fsp3) is 0.250. The van der Waals surface area contributed by atoms with E-state index >= 15 is 0 Å². The summed E-state index contributed by atoms with van der Waals surface area (Å²) < 4.78 is 10.4. The van der Waals surface area contributed by atoms with E-state index in [1.165, 1.54) is 13.3 Å². The number of hydrogen-bond acceptors (Lipinski definition) is 4. The average Bonchev–Trinajstić information content (AvgIpc) is 2.48. The molecule has 0 atom stereocenters. The van der Waals surface area contributed by atoms with E-state index in [2.05, 4.69) is 4.98 Å². The molecule has 0 bridgehead atoms. The van der Waals surface area contributed by atoms with Gasteiger partial charge in [0.2, 0.25) is 0 Å². The van der Waals surface area contributed by atoms with E-state index < -0.39 is 5.97 Å².